The molecule has 6 aromatic rings. The summed E-state index contributed by atoms with van der Waals surface area (Å²) in [5.41, 5.74) is 3.28. The van der Waals surface area contributed by atoms with Crippen molar-refractivity contribution in [3.05, 3.63) is 103 Å². The Bertz CT molecular complexity index is 2730. The van der Waals surface area contributed by atoms with Crippen LogP contribution in [0.3, 0.4) is 0 Å². The summed E-state index contributed by atoms with van der Waals surface area (Å²) in [6, 6.07) is 22.3. The van der Waals surface area contributed by atoms with Crippen LogP contribution >= 0.6 is 0 Å². The van der Waals surface area contributed by atoms with Gasteiger partial charge in [-0.1, -0.05) is 0 Å². The van der Waals surface area contributed by atoms with Gasteiger partial charge < -0.3 is 49.9 Å². The molecule has 0 aliphatic carbocycles. The molecule has 10 rings (SSSR count). The topological polar surface area (TPSA) is 221 Å². The van der Waals surface area contributed by atoms with Crippen molar-refractivity contribution in [2.45, 2.75) is 25.7 Å². The lowest BCUT2D eigenvalue weighted by atomic mass is 10.2. The molecular formula is C48H51N15O6. The molecule has 3 N–H and O–H groups in total. The number of hydroxylamine groups is 1. The van der Waals surface area contributed by atoms with Crippen molar-refractivity contribution < 1.29 is 28.7 Å². The van der Waals surface area contributed by atoms with Gasteiger partial charge in [0.1, 0.15) is 0 Å². The van der Waals surface area contributed by atoms with E-state index in [2.05, 4.69) is 40.5 Å². The number of aromatic nitrogens is 7. The number of hydrogen-bond acceptors (Lipinski definition) is 17. The molecule has 4 aliphatic rings. The molecule has 21 heteroatoms. The van der Waals surface area contributed by atoms with Crippen LogP contribution in [-0.2, 0) is 14.3 Å². The van der Waals surface area contributed by atoms with Crippen LogP contribution in [0.2, 0.25) is 0 Å². The molecule has 0 saturated carbocycles. The molecule has 0 unspecified atom stereocenters. The number of nitrogens with zero attached hydrogens (tertiary/aromatic N) is 12. The van der Waals surface area contributed by atoms with Gasteiger partial charge in [-0.15, -0.1) is 5.06 Å². The van der Waals surface area contributed by atoms with Gasteiger partial charge in [-0.3, -0.25) is 4.98 Å². The summed E-state index contributed by atoms with van der Waals surface area (Å²) in [6.45, 7) is 8.68. The Labute approximate surface area is 397 Å². The third-order valence-electron chi connectivity index (χ3n) is 12.0. The summed E-state index contributed by atoms with van der Waals surface area (Å²) >= 11 is 0. The van der Waals surface area contributed by atoms with Crippen LogP contribution in [0, 0.1) is 0 Å². The number of carbonyl (C=O) groups excluding carboxylic acids is 3. The van der Waals surface area contributed by atoms with Crippen molar-refractivity contribution in [2.24, 2.45) is 0 Å². The van der Waals surface area contributed by atoms with Gasteiger partial charge in [0.2, 0.25) is 23.8 Å². The van der Waals surface area contributed by atoms with Crippen LogP contribution < -0.4 is 40.6 Å². The molecule has 21 nitrogen and oxygen atoms in total. The highest BCUT2D eigenvalue weighted by molar-refractivity contribution is 6.03. The highest BCUT2D eigenvalue weighted by Gasteiger charge is 2.26. The number of amides is 4. The Morgan fingerprint density at radius 2 is 0.884 bits per heavy atom. The normalized spacial score (nSPS) is 16.0. The SMILES string of the molecule is O=C(Nc1ccc(C(=O)ON(C(=O)Nc2ccncc2)c2ccc(-c3nc(N4CCCC4)nc(N4CCOCC4)n3)cc2)cc1)Nc1ccc(-c2nc(N3CCCC3)nc(N3CCOCC3)n2)cc1. The quantitative estimate of drug-likeness (QED) is 0.125. The van der Waals surface area contributed by atoms with E-state index >= 15 is 0 Å². The minimum absolute atomic E-state index is 0.133. The van der Waals surface area contributed by atoms with E-state index in [-0.39, 0.29) is 11.3 Å². The molecule has 354 valence electrons. The van der Waals surface area contributed by atoms with Crippen LogP contribution in [0.4, 0.5) is 56.1 Å². The number of urea groups is 2. The number of nitrogens with one attached hydrogen (secondary N) is 3. The molecule has 0 atom stereocenters. The number of hydrogen-bond donors (Lipinski definition) is 3. The van der Waals surface area contributed by atoms with Crippen LogP contribution in [0.1, 0.15) is 36.0 Å². The lowest BCUT2D eigenvalue weighted by Gasteiger charge is -2.28. The number of carbonyl (C=O) groups is 3. The number of anilines is 8. The molecule has 4 saturated heterocycles. The first-order chi connectivity index (χ1) is 33.9. The van der Waals surface area contributed by atoms with Gasteiger partial charge in [0.15, 0.2) is 11.6 Å². The van der Waals surface area contributed by atoms with Crippen molar-refractivity contribution in [1.29, 1.82) is 0 Å². The predicted octanol–water partition coefficient (Wildman–Crippen LogP) is 6.11. The largest absolute Gasteiger partial charge is 0.378 e. The fourth-order valence-corrected chi connectivity index (χ4v) is 8.28. The third kappa shape index (κ3) is 10.9. The molecule has 0 bridgehead atoms. The van der Waals surface area contributed by atoms with Gasteiger partial charge in [0, 0.05) is 92.9 Å². The molecule has 3 aromatic carbocycles. The monoisotopic (exact) mass is 933 g/mol. The van der Waals surface area contributed by atoms with E-state index in [0.29, 0.717) is 111 Å². The first-order valence-electron chi connectivity index (χ1n) is 23.2. The summed E-state index contributed by atoms with van der Waals surface area (Å²) in [5.74, 6) is 2.70. The molecule has 0 radical (unpaired) electrons. The van der Waals surface area contributed by atoms with Gasteiger partial charge in [0.25, 0.3) is 0 Å². The first-order valence-corrected chi connectivity index (χ1v) is 23.2. The molecule has 4 amide bonds. The van der Waals surface area contributed by atoms with Crippen LogP contribution in [0.25, 0.3) is 22.8 Å². The minimum Gasteiger partial charge on any atom is -0.378 e. The highest BCUT2D eigenvalue weighted by Crippen LogP contribution is 2.29. The Kier molecular flexibility index (Phi) is 13.5. The van der Waals surface area contributed by atoms with E-state index in [0.717, 1.165) is 62.5 Å². The molecular weight excluding hydrogens is 883 g/mol. The number of ether oxygens (including phenoxy) is 2. The zero-order chi connectivity index (χ0) is 46.9. The molecule has 4 aliphatic heterocycles. The van der Waals surface area contributed by atoms with Crippen LogP contribution in [-0.4, -0.2) is 132 Å². The fourth-order valence-electron chi connectivity index (χ4n) is 8.28. The van der Waals surface area contributed by atoms with Gasteiger partial charge >= 0.3 is 18.0 Å². The molecule has 69 heavy (non-hydrogen) atoms. The summed E-state index contributed by atoms with van der Waals surface area (Å²) < 4.78 is 11.1. The third-order valence-corrected chi connectivity index (χ3v) is 12.0. The molecule has 3 aromatic heterocycles. The minimum atomic E-state index is -0.814. The molecule has 7 heterocycles. The van der Waals surface area contributed by atoms with Crippen molar-refractivity contribution in [3.8, 4) is 22.8 Å². The Balaban J connectivity index is 0.808. The first kappa shape index (κ1) is 44.8. The maximum atomic E-state index is 13.8. The Morgan fingerprint density at radius 3 is 1.35 bits per heavy atom. The predicted molar refractivity (Wildman–Crippen MR) is 260 cm³/mol. The van der Waals surface area contributed by atoms with Crippen LogP contribution in [0.5, 0.6) is 0 Å². The van der Waals surface area contributed by atoms with Gasteiger partial charge in [-0.2, -0.15) is 29.9 Å². The number of benzene rings is 3. The molecule has 0 spiro atoms. The van der Waals surface area contributed by atoms with Gasteiger partial charge in [-0.25, -0.2) is 14.4 Å². The second kappa shape index (κ2) is 20.9. The van der Waals surface area contributed by atoms with Crippen molar-refractivity contribution >= 4 is 64.6 Å². The summed E-state index contributed by atoms with van der Waals surface area (Å²) in [4.78, 5) is 87.9. The van der Waals surface area contributed by atoms with Gasteiger partial charge in [-0.05, 0) is 111 Å². The van der Waals surface area contributed by atoms with E-state index in [1.807, 2.05) is 12.1 Å². The fraction of sp³-hybridized carbons (Fsp3) is 0.333. The number of rotatable bonds is 11. The van der Waals surface area contributed by atoms with E-state index in [1.165, 1.54) is 24.5 Å². The summed E-state index contributed by atoms with van der Waals surface area (Å²) in [5, 5.41) is 9.29. The standard InChI is InChI=1S/C48H51N15O6/c64-42(35-7-13-37(14-8-35)51-47(65)50-36-11-5-33(6-12-36)40-53-43(59-21-1-2-22-59)57-45(55-40)61-25-29-67-30-26-61)69-63(48(66)52-38-17-19-49-20-18-38)39-15-9-34(10-16-39)41-54-44(60-23-3-4-24-60)58-46(56-41)62-27-31-68-32-28-62/h5-20H,1-4,21-32H2,(H,49,52,66)(H2,50,51,65). The second-order valence-corrected chi connectivity index (χ2v) is 16.7. The van der Waals surface area contributed by atoms with Crippen molar-refractivity contribution in [1.82, 2.24) is 34.9 Å². The van der Waals surface area contributed by atoms with Gasteiger partial charge in [0.05, 0.1) is 37.7 Å². The van der Waals surface area contributed by atoms with E-state index in [1.54, 1.807) is 60.7 Å². The maximum Gasteiger partial charge on any atom is 0.363 e. The van der Waals surface area contributed by atoms with Crippen LogP contribution in [0.15, 0.2) is 97.3 Å². The summed E-state index contributed by atoms with van der Waals surface area (Å²) in [7, 11) is 0. The highest BCUT2D eigenvalue weighted by atomic mass is 16.7. The van der Waals surface area contributed by atoms with E-state index < -0.39 is 18.0 Å². The maximum absolute atomic E-state index is 13.8. The molecule has 4 fully saturated rings. The Morgan fingerprint density at radius 1 is 0.478 bits per heavy atom. The lowest BCUT2D eigenvalue weighted by Crippen LogP contribution is -2.38. The Hall–Kier alpha value is -8.04. The average Bonchev–Trinajstić information content (AvgIpc) is 4.16. The summed E-state index contributed by atoms with van der Waals surface area (Å²) in [6.07, 6.45) is 7.39. The zero-order valence-electron chi connectivity index (χ0n) is 37.9. The number of morpholine rings is 2. The van der Waals surface area contributed by atoms with E-state index in [9.17, 15) is 14.4 Å². The smallest absolute Gasteiger partial charge is 0.363 e. The lowest BCUT2D eigenvalue weighted by molar-refractivity contribution is 0.0490. The zero-order valence-corrected chi connectivity index (χ0v) is 37.9. The van der Waals surface area contributed by atoms with Crippen molar-refractivity contribution in [2.75, 3.05) is 119 Å². The van der Waals surface area contributed by atoms with E-state index in [4.69, 9.17) is 44.2 Å². The number of pyridine rings is 1. The average molecular weight is 934 g/mol. The second-order valence-electron chi connectivity index (χ2n) is 16.7. The van der Waals surface area contributed by atoms with Crippen molar-refractivity contribution in [3.63, 3.8) is 0 Å².